The molecule has 146 valence electrons. The largest absolute Gasteiger partial charge is 0.495 e. The van der Waals surface area contributed by atoms with Crippen molar-refractivity contribution in [3.05, 3.63) is 46.9 Å². The molecular weight excluding hydrogens is 432 g/mol. The Morgan fingerprint density at radius 1 is 1.04 bits per heavy atom. The first-order valence-corrected chi connectivity index (χ1v) is 11.0. The van der Waals surface area contributed by atoms with Crippen LogP contribution in [0.3, 0.4) is 0 Å². The average molecular weight is 455 g/mol. The van der Waals surface area contributed by atoms with Crippen molar-refractivity contribution in [1.82, 2.24) is 4.31 Å². The Balaban J connectivity index is 1.80. The van der Waals surface area contributed by atoms with E-state index in [1.807, 2.05) is 31.2 Å². The lowest BCUT2D eigenvalue weighted by molar-refractivity contribution is 0.327. The minimum atomic E-state index is -3.64. The number of hydrogen-bond acceptors (Lipinski definition) is 5. The molecule has 2 aromatic carbocycles. The van der Waals surface area contributed by atoms with Gasteiger partial charge >= 0.3 is 0 Å². The van der Waals surface area contributed by atoms with Crippen LogP contribution in [-0.4, -0.2) is 52.6 Å². The highest BCUT2D eigenvalue weighted by Crippen LogP contribution is 2.32. The van der Waals surface area contributed by atoms with Gasteiger partial charge < -0.3 is 14.4 Å². The summed E-state index contributed by atoms with van der Waals surface area (Å²) in [5.41, 5.74) is 0.981. The Hall–Kier alpha value is -1.77. The minimum absolute atomic E-state index is 0.199. The van der Waals surface area contributed by atoms with E-state index in [1.165, 1.54) is 4.31 Å². The lowest BCUT2D eigenvalue weighted by Crippen LogP contribution is -2.48. The van der Waals surface area contributed by atoms with Gasteiger partial charge in [0.15, 0.2) is 0 Å². The van der Waals surface area contributed by atoms with Crippen LogP contribution >= 0.6 is 15.9 Å². The molecule has 6 nitrogen and oxygen atoms in total. The van der Waals surface area contributed by atoms with Gasteiger partial charge in [0.25, 0.3) is 0 Å². The van der Waals surface area contributed by atoms with Gasteiger partial charge in [-0.25, -0.2) is 8.42 Å². The summed E-state index contributed by atoms with van der Waals surface area (Å²) in [4.78, 5) is 2.35. The van der Waals surface area contributed by atoms with E-state index in [1.54, 1.807) is 25.3 Å². The van der Waals surface area contributed by atoms with Crippen LogP contribution in [0.15, 0.2) is 51.8 Å². The smallest absolute Gasteiger partial charge is 0.246 e. The number of anilines is 1. The lowest BCUT2D eigenvalue weighted by atomic mass is 10.2. The number of halogens is 1. The van der Waals surface area contributed by atoms with Crippen molar-refractivity contribution in [1.29, 1.82) is 0 Å². The molecule has 8 heteroatoms. The molecule has 0 aromatic heterocycles. The summed E-state index contributed by atoms with van der Waals surface area (Å²) in [7, 11) is -2.00. The van der Waals surface area contributed by atoms with E-state index in [9.17, 15) is 8.42 Å². The van der Waals surface area contributed by atoms with Gasteiger partial charge in [0.2, 0.25) is 10.0 Å². The summed E-state index contributed by atoms with van der Waals surface area (Å²) >= 11 is 3.36. The molecule has 0 bridgehead atoms. The molecule has 0 spiro atoms. The summed E-state index contributed by atoms with van der Waals surface area (Å²) in [5.74, 6) is 1.17. The van der Waals surface area contributed by atoms with Gasteiger partial charge in [0, 0.05) is 30.7 Å². The van der Waals surface area contributed by atoms with Crippen molar-refractivity contribution >= 4 is 31.6 Å². The highest BCUT2D eigenvalue weighted by molar-refractivity contribution is 9.10. The van der Waals surface area contributed by atoms with Crippen LogP contribution in [0.4, 0.5) is 5.69 Å². The molecule has 27 heavy (non-hydrogen) atoms. The number of methoxy groups -OCH3 is 1. The molecule has 0 amide bonds. The second-order valence-corrected chi connectivity index (χ2v) is 8.91. The number of ether oxygens (including phenoxy) is 2. The lowest BCUT2D eigenvalue weighted by Gasteiger charge is -2.36. The summed E-state index contributed by atoms with van der Waals surface area (Å²) in [6.07, 6.45) is 0. The van der Waals surface area contributed by atoms with Crippen molar-refractivity contribution < 1.29 is 17.9 Å². The molecular formula is C19H23BrN2O4S. The Bertz CT molecular complexity index is 896. The zero-order valence-corrected chi connectivity index (χ0v) is 17.8. The van der Waals surface area contributed by atoms with Crippen molar-refractivity contribution in [2.45, 2.75) is 11.8 Å². The molecule has 1 saturated heterocycles. The number of para-hydroxylation sites is 2. The predicted molar refractivity (Wildman–Crippen MR) is 109 cm³/mol. The Morgan fingerprint density at radius 2 is 1.74 bits per heavy atom. The van der Waals surface area contributed by atoms with Crippen LogP contribution in [0.2, 0.25) is 0 Å². The number of sulfonamides is 1. The Labute approximate surface area is 168 Å². The molecule has 0 N–H and O–H groups in total. The highest BCUT2D eigenvalue weighted by atomic mass is 79.9. The third-order valence-corrected chi connectivity index (χ3v) is 6.90. The van der Waals surface area contributed by atoms with Gasteiger partial charge in [0.05, 0.1) is 19.4 Å². The summed E-state index contributed by atoms with van der Waals surface area (Å²) in [5, 5.41) is 0. The molecule has 1 aliphatic heterocycles. The van der Waals surface area contributed by atoms with Crippen molar-refractivity contribution in [3.8, 4) is 11.5 Å². The summed E-state index contributed by atoms with van der Waals surface area (Å²) in [6, 6.07) is 12.9. The first kappa shape index (κ1) is 20.0. The van der Waals surface area contributed by atoms with Gasteiger partial charge in [-0.1, -0.05) is 28.1 Å². The number of piperazine rings is 1. The Kier molecular flexibility index (Phi) is 6.29. The molecule has 1 heterocycles. The minimum Gasteiger partial charge on any atom is -0.495 e. The van der Waals surface area contributed by atoms with Crippen LogP contribution in [0.1, 0.15) is 6.92 Å². The van der Waals surface area contributed by atoms with Gasteiger partial charge in [0.1, 0.15) is 16.4 Å². The first-order valence-electron chi connectivity index (χ1n) is 8.78. The fourth-order valence-corrected chi connectivity index (χ4v) is 5.25. The zero-order chi connectivity index (χ0) is 19.4. The third kappa shape index (κ3) is 4.23. The topological polar surface area (TPSA) is 59.1 Å². The van der Waals surface area contributed by atoms with Gasteiger partial charge in [-0.15, -0.1) is 0 Å². The fourth-order valence-electron chi connectivity index (χ4n) is 3.16. The SMILES string of the molecule is CCOc1ccc(Br)cc1S(=O)(=O)N1CCN(c2ccccc2OC)CC1. The molecule has 1 aliphatic rings. The van der Waals surface area contributed by atoms with Crippen molar-refractivity contribution in [2.24, 2.45) is 0 Å². The maximum Gasteiger partial charge on any atom is 0.246 e. The normalized spacial score (nSPS) is 15.6. The van der Waals surface area contributed by atoms with Crippen molar-refractivity contribution in [2.75, 3.05) is 44.8 Å². The maximum absolute atomic E-state index is 13.2. The Morgan fingerprint density at radius 3 is 2.41 bits per heavy atom. The van der Waals surface area contributed by atoms with Crippen LogP contribution in [0, 0.1) is 0 Å². The summed E-state index contributed by atoms with van der Waals surface area (Å²) in [6.45, 7) is 4.24. The molecule has 2 aromatic rings. The van der Waals surface area contributed by atoms with E-state index in [2.05, 4.69) is 20.8 Å². The summed E-state index contributed by atoms with van der Waals surface area (Å²) < 4.78 is 39.5. The fraction of sp³-hybridized carbons (Fsp3) is 0.368. The van der Waals surface area contributed by atoms with E-state index in [-0.39, 0.29) is 4.90 Å². The monoisotopic (exact) mass is 454 g/mol. The van der Waals surface area contributed by atoms with Crippen LogP contribution in [0.5, 0.6) is 11.5 Å². The van der Waals surface area contributed by atoms with Gasteiger partial charge in [-0.05, 0) is 37.3 Å². The van der Waals surface area contributed by atoms with Crippen LogP contribution < -0.4 is 14.4 Å². The second-order valence-electron chi connectivity index (χ2n) is 6.09. The number of nitrogens with zero attached hydrogens (tertiary/aromatic N) is 2. The molecule has 0 aliphatic carbocycles. The molecule has 1 fully saturated rings. The average Bonchev–Trinajstić information content (AvgIpc) is 2.69. The van der Waals surface area contributed by atoms with E-state index < -0.39 is 10.0 Å². The standard InChI is InChI=1S/C19H23BrN2O4S/c1-3-26-18-9-8-15(20)14-19(18)27(23,24)22-12-10-21(11-13-22)16-6-4-5-7-17(16)25-2/h4-9,14H,3,10-13H2,1-2H3. The van der Waals surface area contributed by atoms with Crippen molar-refractivity contribution in [3.63, 3.8) is 0 Å². The predicted octanol–water partition coefficient (Wildman–Crippen LogP) is 3.37. The van der Waals surface area contributed by atoms with Gasteiger partial charge in [-0.2, -0.15) is 4.31 Å². The van der Waals surface area contributed by atoms with Crippen LogP contribution in [0.25, 0.3) is 0 Å². The van der Waals surface area contributed by atoms with E-state index in [0.717, 1.165) is 11.4 Å². The molecule has 0 saturated carbocycles. The second kappa shape index (κ2) is 8.50. The number of hydrogen-bond donors (Lipinski definition) is 0. The molecule has 3 rings (SSSR count). The van der Waals surface area contributed by atoms with Crippen LogP contribution in [-0.2, 0) is 10.0 Å². The third-order valence-electron chi connectivity index (χ3n) is 4.49. The van der Waals surface area contributed by atoms with E-state index in [4.69, 9.17) is 9.47 Å². The number of rotatable bonds is 6. The zero-order valence-electron chi connectivity index (χ0n) is 15.4. The van der Waals surface area contributed by atoms with E-state index in [0.29, 0.717) is 43.0 Å². The van der Waals surface area contributed by atoms with E-state index >= 15 is 0 Å². The maximum atomic E-state index is 13.2. The molecule has 0 unspecified atom stereocenters. The quantitative estimate of drug-likeness (QED) is 0.669. The molecule has 0 atom stereocenters. The highest BCUT2D eigenvalue weighted by Gasteiger charge is 2.31. The molecule has 0 radical (unpaired) electrons. The van der Waals surface area contributed by atoms with Gasteiger partial charge in [-0.3, -0.25) is 0 Å². The first-order chi connectivity index (χ1) is 13.0. The number of benzene rings is 2.